The molecule has 76 valence electrons. The topological polar surface area (TPSA) is 36.9 Å². The van der Waals surface area contributed by atoms with Crippen LogP contribution in [0.5, 0.6) is 0 Å². The average Bonchev–Trinajstić information content (AvgIpc) is 2.47. The second kappa shape index (κ2) is 2.92. The summed E-state index contributed by atoms with van der Waals surface area (Å²) in [5.74, 6) is -0.510. The van der Waals surface area contributed by atoms with E-state index in [4.69, 9.17) is 18.9 Å². The van der Waals surface area contributed by atoms with Gasteiger partial charge in [0.05, 0.1) is 6.10 Å². The molecule has 0 aromatic heterocycles. The van der Waals surface area contributed by atoms with Gasteiger partial charge in [-0.1, -0.05) is 0 Å². The fourth-order valence-corrected chi connectivity index (χ4v) is 1.95. The van der Waals surface area contributed by atoms with Crippen LogP contribution in [0.15, 0.2) is 0 Å². The van der Waals surface area contributed by atoms with Crippen LogP contribution in [-0.4, -0.2) is 37.5 Å². The summed E-state index contributed by atoms with van der Waals surface area (Å²) in [7, 11) is 1.62. The normalized spacial score (nSPS) is 48.0. The molecule has 0 aliphatic carbocycles. The second-order valence-corrected chi connectivity index (χ2v) is 4.01. The Hall–Kier alpha value is -0.160. The highest BCUT2D eigenvalue weighted by Crippen LogP contribution is 2.38. The van der Waals surface area contributed by atoms with Crippen LogP contribution in [0, 0.1) is 0 Å². The molecule has 2 fully saturated rings. The molecule has 3 unspecified atom stereocenters. The molecule has 2 aliphatic heterocycles. The third-order valence-electron chi connectivity index (χ3n) is 2.48. The van der Waals surface area contributed by atoms with Crippen molar-refractivity contribution in [3.63, 3.8) is 0 Å². The summed E-state index contributed by atoms with van der Waals surface area (Å²) in [6.45, 7) is 5.79. The lowest BCUT2D eigenvalue weighted by Gasteiger charge is -2.22. The monoisotopic (exact) mass is 188 g/mol. The Kier molecular flexibility index (Phi) is 2.11. The van der Waals surface area contributed by atoms with Gasteiger partial charge in [0, 0.05) is 7.11 Å². The quantitative estimate of drug-likeness (QED) is 0.612. The van der Waals surface area contributed by atoms with Gasteiger partial charge < -0.3 is 18.9 Å². The predicted octanol–water partition coefficient (Wildman–Crippen LogP) is 0.898. The smallest absolute Gasteiger partial charge is 0.186 e. The van der Waals surface area contributed by atoms with E-state index in [-0.39, 0.29) is 24.6 Å². The first kappa shape index (κ1) is 9.40. The molecule has 2 heterocycles. The van der Waals surface area contributed by atoms with Crippen molar-refractivity contribution in [2.45, 2.75) is 51.2 Å². The summed E-state index contributed by atoms with van der Waals surface area (Å²) >= 11 is 0. The highest BCUT2D eigenvalue weighted by atomic mass is 16.8. The molecule has 4 heteroatoms. The first-order valence-electron chi connectivity index (χ1n) is 4.57. The van der Waals surface area contributed by atoms with Gasteiger partial charge in [0.1, 0.15) is 12.2 Å². The van der Waals surface area contributed by atoms with Gasteiger partial charge in [0.2, 0.25) is 0 Å². The number of methoxy groups -OCH3 is 1. The molecule has 0 aromatic carbocycles. The molecule has 0 aromatic rings. The van der Waals surface area contributed by atoms with Gasteiger partial charge in [-0.2, -0.15) is 0 Å². The van der Waals surface area contributed by atoms with Gasteiger partial charge in [-0.05, 0) is 20.8 Å². The van der Waals surface area contributed by atoms with E-state index in [0.717, 1.165) is 0 Å². The van der Waals surface area contributed by atoms with Crippen molar-refractivity contribution >= 4 is 0 Å². The van der Waals surface area contributed by atoms with E-state index in [9.17, 15) is 0 Å². The minimum absolute atomic E-state index is 0.0000463. The second-order valence-electron chi connectivity index (χ2n) is 4.01. The third kappa shape index (κ3) is 1.48. The summed E-state index contributed by atoms with van der Waals surface area (Å²) in [5, 5.41) is 0. The molecule has 0 saturated carbocycles. The Morgan fingerprint density at radius 1 is 1.15 bits per heavy atom. The van der Waals surface area contributed by atoms with Crippen molar-refractivity contribution in [1.82, 2.24) is 0 Å². The molecule has 0 N–H and O–H groups in total. The minimum Gasteiger partial charge on any atom is -0.353 e. The minimum atomic E-state index is -0.510. The largest absolute Gasteiger partial charge is 0.353 e. The van der Waals surface area contributed by atoms with Crippen LogP contribution >= 0.6 is 0 Å². The van der Waals surface area contributed by atoms with Crippen molar-refractivity contribution in [2.75, 3.05) is 7.11 Å². The van der Waals surface area contributed by atoms with Crippen molar-refractivity contribution in [3.05, 3.63) is 0 Å². The van der Waals surface area contributed by atoms with E-state index < -0.39 is 5.79 Å². The lowest BCUT2D eigenvalue weighted by Crippen LogP contribution is -2.30. The molecular weight excluding hydrogens is 172 g/mol. The highest BCUT2D eigenvalue weighted by Gasteiger charge is 2.53. The molecule has 2 rings (SSSR count). The van der Waals surface area contributed by atoms with Crippen LogP contribution in [0.25, 0.3) is 0 Å². The maximum atomic E-state index is 5.69. The molecule has 0 amide bonds. The van der Waals surface area contributed by atoms with Crippen molar-refractivity contribution in [3.8, 4) is 0 Å². The van der Waals surface area contributed by atoms with E-state index in [2.05, 4.69) is 0 Å². The van der Waals surface area contributed by atoms with Gasteiger partial charge in [-0.15, -0.1) is 0 Å². The maximum Gasteiger partial charge on any atom is 0.186 e. The first-order valence-corrected chi connectivity index (χ1v) is 4.57. The van der Waals surface area contributed by atoms with Gasteiger partial charge in [0.15, 0.2) is 12.1 Å². The van der Waals surface area contributed by atoms with Crippen molar-refractivity contribution < 1.29 is 18.9 Å². The fraction of sp³-hybridized carbons (Fsp3) is 1.00. The molecular formula is C9H16O4. The van der Waals surface area contributed by atoms with Crippen LogP contribution in [0.4, 0.5) is 0 Å². The number of rotatable bonds is 1. The number of fused-ring (bicyclic) bond motifs is 1. The number of ether oxygens (including phenoxy) is 4. The van der Waals surface area contributed by atoms with Crippen LogP contribution < -0.4 is 0 Å². The van der Waals surface area contributed by atoms with Crippen molar-refractivity contribution in [2.24, 2.45) is 0 Å². The lowest BCUT2D eigenvalue weighted by atomic mass is 10.2. The first-order chi connectivity index (χ1) is 6.03. The summed E-state index contributed by atoms with van der Waals surface area (Å²) in [4.78, 5) is 0. The third-order valence-corrected chi connectivity index (χ3v) is 2.48. The van der Waals surface area contributed by atoms with Gasteiger partial charge in [0.25, 0.3) is 0 Å². The molecule has 2 aliphatic rings. The standard InChI is InChI=1S/C9H16O4/c1-5-6-7(8(10-4)11-5)13-9(2,3)12-6/h5-8H,1-4H3/t5-,6?,7?,8?/m1/s1. The molecule has 0 spiro atoms. The Bertz CT molecular complexity index is 204. The van der Waals surface area contributed by atoms with Gasteiger partial charge >= 0.3 is 0 Å². The number of hydrogen-bond donors (Lipinski definition) is 0. The molecule has 2 saturated heterocycles. The fourth-order valence-electron chi connectivity index (χ4n) is 1.95. The van der Waals surface area contributed by atoms with Gasteiger partial charge in [-0.3, -0.25) is 0 Å². The molecule has 4 nitrogen and oxygen atoms in total. The Morgan fingerprint density at radius 3 is 2.38 bits per heavy atom. The summed E-state index contributed by atoms with van der Waals surface area (Å²) in [5.41, 5.74) is 0. The Balaban J connectivity index is 2.12. The van der Waals surface area contributed by atoms with E-state index in [1.165, 1.54) is 0 Å². The van der Waals surface area contributed by atoms with Crippen LogP contribution in [0.3, 0.4) is 0 Å². The zero-order valence-corrected chi connectivity index (χ0v) is 8.44. The molecule has 4 atom stereocenters. The van der Waals surface area contributed by atoms with Crippen LogP contribution in [-0.2, 0) is 18.9 Å². The van der Waals surface area contributed by atoms with Crippen molar-refractivity contribution in [1.29, 1.82) is 0 Å². The van der Waals surface area contributed by atoms with Crippen LogP contribution in [0.1, 0.15) is 20.8 Å². The Labute approximate surface area is 78.1 Å². The summed E-state index contributed by atoms with van der Waals surface area (Å²) in [6, 6.07) is 0. The summed E-state index contributed by atoms with van der Waals surface area (Å²) < 4.78 is 22.0. The lowest BCUT2D eigenvalue weighted by molar-refractivity contribution is -0.224. The zero-order chi connectivity index (χ0) is 9.64. The SMILES string of the molecule is COC1O[C@H](C)C2OC(C)(C)OC12. The average molecular weight is 188 g/mol. The van der Waals surface area contributed by atoms with Crippen LogP contribution in [0.2, 0.25) is 0 Å². The number of hydrogen-bond acceptors (Lipinski definition) is 4. The van der Waals surface area contributed by atoms with E-state index in [1.54, 1.807) is 7.11 Å². The Morgan fingerprint density at radius 2 is 1.77 bits per heavy atom. The molecule has 0 radical (unpaired) electrons. The summed E-state index contributed by atoms with van der Waals surface area (Å²) in [6.07, 6.45) is -0.339. The molecule has 13 heavy (non-hydrogen) atoms. The van der Waals surface area contributed by atoms with Gasteiger partial charge in [-0.25, -0.2) is 0 Å². The van der Waals surface area contributed by atoms with E-state index in [1.807, 2.05) is 20.8 Å². The van der Waals surface area contributed by atoms with E-state index >= 15 is 0 Å². The zero-order valence-electron chi connectivity index (χ0n) is 8.44. The predicted molar refractivity (Wildman–Crippen MR) is 45.2 cm³/mol. The van der Waals surface area contributed by atoms with E-state index in [0.29, 0.717) is 0 Å². The maximum absolute atomic E-state index is 5.69. The highest BCUT2D eigenvalue weighted by molar-refractivity contribution is 4.93. The molecule has 0 bridgehead atoms.